The number of ether oxygens (including phenoxy) is 1. The molecule has 0 aromatic carbocycles. The smallest absolute Gasteiger partial charge is 0.157 e. The highest BCUT2D eigenvalue weighted by molar-refractivity contribution is 6.32. The van der Waals surface area contributed by atoms with Gasteiger partial charge in [0.05, 0.1) is 12.2 Å². The summed E-state index contributed by atoms with van der Waals surface area (Å²) >= 11 is 6.05. The van der Waals surface area contributed by atoms with Crippen molar-refractivity contribution in [2.45, 2.75) is 26.1 Å². The normalized spacial score (nSPS) is 24.8. The molecule has 0 spiro atoms. The van der Waals surface area contributed by atoms with E-state index in [2.05, 4.69) is 34.0 Å². The van der Waals surface area contributed by atoms with Crippen LogP contribution in [0.3, 0.4) is 0 Å². The first kappa shape index (κ1) is 12.4. The molecule has 1 aromatic rings. The van der Waals surface area contributed by atoms with Gasteiger partial charge in [-0.05, 0) is 13.8 Å². The Balaban J connectivity index is 2.30. The van der Waals surface area contributed by atoms with E-state index in [0.717, 1.165) is 24.6 Å². The molecule has 1 aromatic heterocycles. The van der Waals surface area contributed by atoms with Crippen LogP contribution >= 0.6 is 11.6 Å². The SMILES string of the molecule is CNc1c(Cl)ncnc1N1C[C@@H](C)O[C@@H](C)C1. The highest BCUT2D eigenvalue weighted by atomic mass is 35.5. The molecular formula is C11H17ClN4O. The maximum Gasteiger partial charge on any atom is 0.157 e. The van der Waals surface area contributed by atoms with Crippen molar-refractivity contribution in [2.75, 3.05) is 30.4 Å². The van der Waals surface area contributed by atoms with Gasteiger partial charge < -0.3 is 15.0 Å². The Hall–Kier alpha value is -1.07. The van der Waals surface area contributed by atoms with E-state index in [-0.39, 0.29) is 12.2 Å². The molecule has 94 valence electrons. The number of morpholine rings is 1. The molecule has 1 fully saturated rings. The lowest BCUT2D eigenvalue weighted by Gasteiger charge is -2.36. The van der Waals surface area contributed by atoms with Gasteiger partial charge in [-0.1, -0.05) is 11.6 Å². The summed E-state index contributed by atoms with van der Waals surface area (Å²) in [6.45, 7) is 5.74. The zero-order valence-electron chi connectivity index (χ0n) is 10.3. The summed E-state index contributed by atoms with van der Waals surface area (Å²) in [4.78, 5) is 10.5. The first-order valence-corrected chi connectivity index (χ1v) is 6.08. The largest absolute Gasteiger partial charge is 0.383 e. The topological polar surface area (TPSA) is 50.3 Å². The Labute approximate surface area is 106 Å². The summed E-state index contributed by atoms with van der Waals surface area (Å²) in [5.41, 5.74) is 0.774. The Kier molecular flexibility index (Phi) is 3.69. The minimum absolute atomic E-state index is 0.192. The fraction of sp³-hybridized carbons (Fsp3) is 0.636. The predicted octanol–water partition coefficient (Wildman–Crippen LogP) is 1.79. The van der Waals surface area contributed by atoms with Crippen molar-refractivity contribution in [1.82, 2.24) is 9.97 Å². The molecule has 1 saturated heterocycles. The number of aromatic nitrogens is 2. The van der Waals surface area contributed by atoms with Crippen molar-refractivity contribution in [3.05, 3.63) is 11.5 Å². The molecule has 2 atom stereocenters. The highest BCUT2D eigenvalue weighted by Gasteiger charge is 2.25. The first-order chi connectivity index (χ1) is 8.11. The van der Waals surface area contributed by atoms with Crippen LogP contribution in [-0.4, -0.2) is 42.3 Å². The van der Waals surface area contributed by atoms with Crippen molar-refractivity contribution in [2.24, 2.45) is 0 Å². The van der Waals surface area contributed by atoms with Gasteiger partial charge in [0.1, 0.15) is 12.0 Å². The molecule has 0 saturated carbocycles. The number of nitrogens with one attached hydrogen (secondary N) is 1. The molecule has 5 nitrogen and oxygen atoms in total. The predicted molar refractivity (Wildman–Crippen MR) is 68.8 cm³/mol. The van der Waals surface area contributed by atoms with Gasteiger partial charge in [-0.2, -0.15) is 0 Å². The summed E-state index contributed by atoms with van der Waals surface area (Å²) in [5.74, 6) is 0.842. The maximum atomic E-state index is 6.05. The zero-order chi connectivity index (χ0) is 12.4. The average molecular weight is 257 g/mol. The fourth-order valence-corrected chi connectivity index (χ4v) is 2.38. The lowest BCUT2D eigenvalue weighted by atomic mass is 10.2. The van der Waals surface area contributed by atoms with Crippen LogP contribution in [0.4, 0.5) is 11.5 Å². The third kappa shape index (κ3) is 2.61. The lowest BCUT2D eigenvalue weighted by Crippen LogP contribution is -2.46. The molecule has 17 heavy (non-hydrogen) atoms. The Morgan fingerprint density at radius 3 is 2.59 bits per heavy atom. The molecule has 2 rings (SSSR count). The van der Waals surface area contributed by atoms with Crippen LogP contribution in [0.2, 0.25) is 5.15 Å². The molecule has 0 radical (unpaired) electrons. The van der Waals surface area contributed by atoms with Gasteiger partial charge in [-0.25, -0.2) is 9.97 Å². The molecule has 0 unspecified atom stereocenters. The molecule has 1 N–H and O–H groups in total. The van der Waals surface area contributed by atoms with Crippen LogP contribution in [0.1, 0.15) is 13.8 Å². The third-order valence-corrected chi connectivity index (χ3v) is 3.04. The summed E-state index contributed by atoms with van der Waals surface area (Å²) in [6, 6.07) is 0. The van der Waals surface area contributed by atoms with Crippen LogP contribution in [0, 0.1) is 0 Å². The van der Waals surface area contributed by atoms with Crippen LogP contribution < -0.4 is 10.2 Å². The van der Waals surface area contributed by atoms with E-state index in [1.165, 1.54) is 6.33 Å². The van der Waals surface area contributed by atoms with Crippen LogP contribution in [-0.2, 0) is 4.74 Å². The maximum absolute atomic E-state index is 6.05. The van der Waals surface area contributed by atoms with E-state index in [1.807, 2.05) is 7.05 Å². The summed E-state index contributed by atoms with van der Waals surface area (Å²) in [7, 11) is 1.82. The Morgan fingerprint density at radius 1 is 1.35 bits per heavy atom. The van der Waals surface area contributed by atoms with Gasteiger partial charge in [0.15, 0.2) is 11.0 Å². The van der Waals surface area contributed by atoms with Crippen molar-refractivity contribution in [1.29, 1.82) is 0 Å². The third-order valence-electron chi connectivity index (χ3n) is 2.75. The Morgan fingerprint density at radius 2 is 2.00 bits per heavy atom. The van der Waals surface area contributed by atoms with Crippen molar-refractivity contribution in [3.8, 4) is 0 Å². The standard InChI is InChI=1S/C11H17ClN4O/c1-7-4-16(5-8(2)17-7)11-9(13-3)10(12)14-6-15-11/h6-8,13H,4-5H2,1-3H3/t7-,8+. The van der Waals surface area contributed by atoms with E-state index >= 15 is 0 Å². The van der Waals surface area contributed by atoms with E-state index in [0.29, 0.717) is 5.15 Å². The minimum Gasteiger partial charge on any atom is -0.383 e. The lowest BCUT2D eigenvalue weighted by molar-refractivity contribution is -0.00542. The number of nitrogens with zero attached hydrogens (tertiary/aromatic N) is 3. The number of rotatable bonds is 2. The molecule has 0 bridgehead atoms. The second-order valence-electron chi connectivity index (χ2n) is 4.28. The molecule has 0 amide bonds. The van der Waals surface area contributed by atoms with E-state index in [4.69, 9.17) is 16.3 Å². The molecule has 0 aliphatic carbocycles. The second-order valence-corrected chi connectivity index (χ2v) is 4.63. The molecule has 2 heterocycles. The van der Waals surface area contributed by atoms with Gasteiger partial charge in [0.25, 0.3) is 0 Å². The summed E-state index contributed by atoms with van der Waals surface area (Å²) in [6.07, 6.45) is 1.87. The fourth-order valence-electron chi connectivity index (χ4n) is 2.16. The summed E-state index contributed by atoms with van der Waals surface area (Å²) in [5, 5.41) is 3.50. The van der Waals surface area contributed by atoms with Crippen LogP contribution in [0.15, 0.2) is 6.33 Å². The van der Waals surface area contributed by atoms with Gasteiger partial charge in [-0.15, -0.1) is 0 Å². The van der Waals surface area contributed by atoms with E-state index < -0.39 is 0 Å². The monoisotopic (exact) mass is 256 g/mol. The zero-order valence-corrected chi connectivity index (χ0v) is 11.0. The molecular weight excluding hydrogens is 240 g/mol. The molecule has 6 heteroatoms. The first-order valence-electron chi connectivity index (χ1n) is 5.70. The van der Waals surface area contributed by atoms with Gasteiger partial charge in [0.2, 0.25) is 0 Å². The quantitative estimate of drug-likeness (QED) is 0.818. The van der Waals surface area contributed by atoms with Crippen molar-refractivity contribution >= 4 is 23.1 Å². The Bertz CT molecular complexity index is 391. The summed E-state index contributed by atoms with van der Waals surface area (Å²) < 4.78 is 5.70. The van der Waals surface area contributed by atoms with Gasteiger partial charge >= 0.3 is 0 Å². The highest BCUT2D eigenvalue weighted by Crippen LogP contribution is 2.30. The van der Waals surface area contributed by atoms with E-state index in [9.17, 15) is 0 Å². The average Bonchev–Trinajstić information content (AvgIpc) is 2.27. The molecule has 1 aliphatic heterocycles. The van der Waals surface area contributed by atoms with Crippen LogP contribution in [0.5, 0.6) is 0 Å². The van der Waals surface area contributed by atoms with Gasteiger partial charge in [-0.3, -0.25) is 0 Å². The number of anilines is 2. The van der Waals surface area contributed by atoms with Gasteiger partial charge in [0, 0.05) is 20.1 Å². The van der Waals surface area contributed by atoms with Crippen LogP contribution in [0.25, 0.3) is 0 Å². The number of hydrogen-bond acceptors (Lipinski definition) is 5. The number of halogens is 1. The second kappa shape index (κ2) is 5.06. The van der Waals surface area contributed by atoms with Crippen molar-refractivity contribution in [3.63, 3.8) is 0 Å². The minimum atomic E-state index is 0.192. The number of hydrogen-bond donors (Lipinski definition) is 1. The molecule has 1 aliphatic rings. The van der Waals surface area contributed by atoms with Crippen molar-refractivity contribution < 1.29 is 4.74 Å². The van der Waals surface area contributed by atoms with E-state index in [1.54, 1.807) is 0 Å².